The van der Waals surface area contributed by atoms with E-state index in [0.717, 1.165) is 5.56 Å². The van der Waals surface area contributed by atoms with Gasteiger partial charge in [-0.25, -0.2) is 0 Å². The number of aliphatic hydroxyl groups excluding tert-OH is 1. The molecule has 0 atom stereocenters. The average molecular weight is 156 g/mol. The summed E-state index contributed by atoms with van der Waals surface area (Å²) in [5.74, 6) is 0.926. The van der Waals surface area contributed by atoms with Crippen molar-refractivity contribution in [1.82, 2.24) is 9.78 Å². The van der Waals surface area contributed by atoms with Crippen LogP contribution in [-0.2, 0) is 13.5 Å². The third-order valence-corrected chi connectivity index (χ3v) is 1.59. The van der Waals surface area contributed by atoms with Crippen LogP contribution in [0.5, 0.6) is 0 Å². The van der Waals surface area contributed by atoms with E-state index < -0.39 is 0 Å². The molecule has 1 aromatic rings. The zero-order chi connectivity index (χ0) is 8.43. The molecule has 62 valence electrons. The van der Waals surface area contributed by atoms with Gasteiger partial charge in [-0.1, -0.05) is 0 Å². The third kappa shape index (κ3) is 1.27. The van der Waals surface area contributed by atoms with E-state index in [9.17, 15) is 0 Å². The molecule has 1 rings (SSSR count). The quantitative estimate of drug-likeness (QED) is 0.518. The highest BCUT2D eigenvalue weighted by Crippen LogP contribution is 2.17. The summed E-state index contributed by atoms with van der Waals surface area (Å²) >= 11 is 0. The number of hydrogen-bond acceptors (Lipinski definition) is 4. The van der Waals surface area contributed by atoms with Gasteiger partial charge in [-0.05, 0) is 0 Å². The van der Waals surface area contributed by atoms with Crippen LogP contribution in [0.4, 0.5) is 11.6 Å². The summed E-state index contributed by atoms with van der Waals surface area (Å²) < 4.78 is 1.50. The third-order valence-electron chi connectivity index (χ3n) is 1.59. The Morgan fingerprint density at radius 3 is 2.55 bits per heavy atom. The molecule has 0 aliphatic heterocycles. The Balaban J connectivity index is 3.02. The maximum atomic E-state index is 8.63. The summed E-state index contributed by atoms with van der Waals surface area (Å²) in [4.78, 5) is 0. The van der Waals surface area contributed by atoms with Crippen LogP contribution in [0.25, 0.3) is 0 Å². The summed E-state index contributed by atoms with van der Waals surface area (Å²) in [6, 6.07) is 0. The van der Waals surface area contributed by atoms with Crippen LogP contribution >= 0.6 is 0 Å². The van der Waals surface area contributed by atoms with Crippen molar-refractivity contribution in [2.24, 2.45) is 7.05 Å². The lowest BCUT2D eigenvalue weighted by molar-refractivity contribution is 0.300. The van der Waals surface area contributed by atoms with Crippen molar-refractivity contribution in [2.45, 2.75) is 6.42 Å². The minimum atomic E-state index is 0.0418. The maximum Gasteiger partial charge on any atom is 0.150 e. The van der Waals surface area contributed by atoms with E-state index in [1.165, 1.54) is 4.68 Å². The number of hydrogen-bond donors (Lipinski definition) is 3. The summed E-state index contributed by atoms with van der Waals surface area (Å²) in [7, 11) is 1.71. The second kappa shape index (κ2) is 2.79. The van der Waals surface area contributed by atoms with Gasteiger partial charge in [0, 0.05) is 25.6 Å². The molecule has 0 bridgehead atoms. The molecule has 1 heterocycles. The molecule has 5 N–H and O–H groups in total. The van der Waals surface area contributed by atoms with Gasteiger partial charge in [0.25, 0.3) is 0 Å². The molecule has 0 saturated carbocycles. The van der Waals surface area contributed by atoms with Crippen molar-refractivity contribution in [1.29, 1.82) is 0 Å². The summed E-state index contributed by atoms with van der Waals surface area (Å²) in [5.41, 5.74) is 11.8. The first-order valence-electron chi connectivity index (χ1n) is 3.34. The van der Waals surface area contributed by atoms with Gasteiger partial charge in [0.1, 0.15) is 5.82 Å². The van der Waals surface area contributed by atoms with Crippen molar-refractivity contribution in [2.75, 3.05) is 18.1 Å². The van der Waals surface area contributed by atoms with Crippen molar-refractivity contribution >= 4 is 11.6 Å². The van der Waals surface area contributed by atoms with Gasteiger partial charge < -0.3 is 16.6 Å². The zero-order valence-electron chi connectivity index (χ0n) is 6.41. The van der Waals surface area contributed by atoms with Crippen molar-refractivity contribution < 1.29 is 5.11 Å². The second-order valence-electron chi connectivity index (χ2n) is 2.35. The van der Waals surface area contributed by atoms with E-state index in [1.807, 2.05) is 0 Å². The van der Waals surface area contributed by atoms with Gasteiger partial charge in [0.2, 0.25) is 0 Å². The largest absolute Gasteiger partial charge is 0.396 e. The predicted octanol–water partition coefficient (Wildman–Crippen LogP) is -0.881. The Labute approximate surface area is 64.6 Å². The average Bonchev–Trinajstić information content (AvgIpc) is 2.17. The first-order chi connectivity index (χ1) is 5.16. The molecule has 11 heavy (non-hydrogen) atoms. The van der Waals surface area contributed by atoms with Crippen LogP contribution in [0, 0.1) is 0 Å². The highest BCUT2D eigenvalue weighted by Gasteiger charge is 2.09. The Kier molecular flexibility index (Phi) is 2.00. The van der Waals surface area contributed by atoms with Crippen molar-refractivity contribution in [3.63, 3.8) is 0 Å². The number of nitrogen functional groups attached to an aromatic ring is 2. The lowest BCUT2D eigenvalue weighted by Gasteiger charge is -1.96. The van der Waals surface area contributed by atoms with Crippen LogP contribution in [0.1, 0.15) is 5.56 Å². The highest BCUT2D eigenvalue weighted by molar-refractivity contribution is 5.54. The molecule has 0 aliphatic rings. The topological polar surface area (TPSA) is 90.1 Å². The van der Waals surface area contributed by atoms with Gasteiger partial charge in [-0.2, -0.15) is 5.10 Å². The first-order valence-corrected chi connectivity index (χ1v) is 3.34. The van der Waals surface area contributed by atoms with Crippen LogP contribution in [-0.4, -0.2) is 21.5 Å². The Morgan fingerprint density at radius 1 is 1.55 bits per heavy atom. The van der Waals surface area contributed by atoms with Crippen LogP contribution in [0.3, 0.4) is 0 Å². The number of aryl methyl sites for hydroxylation is 1. The molecule has 0 saturated heterocycles. The lowest BCUT2D eigenvalue weighted by atomic mass is 10.2. The molecule has 0 unspecified atom stereocenters. The monoisotopic (exact) mass is 156 g/mol. The Morgan fingerprint density at radius 2 is 2.18 bits per heavy atom. The molecule has 0 spiro atoms. The fourth-order valence-corrected chi connectivity index (χ4v) is 0.970. The summed E-state index contributed by atoms with van der Waals surface area (Å²) in [6.45, 7) is 0.0418. The van der Waals surface area contributed by atoms with E-state index in [1.54, 1.807) is 7.05 Å². The molecule has 5 heteroatoms. The maximum absolute atomic E-state index is 8.63. The van der Waals surface area contributed by atoms with E-state index in [0.29, 0.717) is 18.1 Å². The number of nitrogens with zero attached hydrogens (tertiary/aromatic N) is 2. The number of aliphatic hydroxyl groups is 1. The van der Waals surface area contributed by atoms with Crippen LogP contribution in [0.2, 0.25) is 0 Å². The molecule has 5 nitrogen and oxygen atoms in total. The van der Waals surface area contributed by atoms with Gasteiger partial charge in [-0.3, -0.25) is 4.68 Å². The van der Waals surface area contributed by atoms with Crippen LogP contribution < -0.4 is 11.5 Å². The lowest BCUT2D eigenvalue weighted by Crippen LogP contribution is -2.01. The summed E-state index contributed by atoms with van der Waals surface area (Å²) in [6.07, 6.45) is 0.464. The zero-order valence-corrected chi connectivity index (χ0v) is 6.41. The Bertz CT molecular complexity index is 255. The van der Waals surface area contributed by atoms with Crippen molar-refractivity contribution in [3.8, 4) is 0 Å². The normalized spacial score (nSPS) is 10.4. The number of rotatable bonds is 2. The van der Waals surface area contributed by atoms with Crippen LogP contribution in [0.15, 0.2) is 0 Å². The van der Waals surface area contributed by atoms with Gasteiger partial charge >= 0.3 is 0 Å². The van der Waals surface area contributed by atoms with E-state index in [2.05, 4.69) is 5.10 Å². The molecular formula is C6H12N4O. The number of anilines is 2. The van der Waals surface area contributed by atoms with E-state index in [4.69, 9.17) is 16.6 Å². The minimum Gasteiger partial charge on any atom is -0.396 e. The van der Waals surface area contributed by atoms with Gasteiger partial charge in [0.15, 0.2) is 5.82 Å². The molecular weight excluding hydrogens is 144 g/mol. The molecule has 0 aliphatic carbocycles. The molecule has 0 radical (unpaired) electrons. The van der Waals surface area contributed by atoms with Crippen molar-refractivity contribution in [3.05, 3.63) is 5.56 Å². The molecule has 0 aromatic carbocycles. The summed E-state index contributed by atoms with van der Waals surface area (Å²) in [5, 5.41) is 12.5. The van der Waals surface area contributed by atoms with E-state index >= 15 is 0 Å². The second-order valence-corrected chi connectivity index (χ2v) is 2.35. The van der Waals surface area contributed by atoms with Gasteiger partial charge in [-0.15, -0.1) is 0 Å². The SMILES string of the molecule is Cn1nc(N)c(CCO)c1N. The predicted molar refractivity (Wildman–Crippen MR) is 42.8 cm³/mol. The molecule has 0 amide bonds. The van der Waals surface area contributed by atoms with Gasteiger partial charge in [0.05, 0.1) is 0 Å². The standard InChI is InChI=1S/C6H12N4O/c1-10-6(8)4(2-3-11)5(7)9-10/h11H,2-3,8H2,1H3,(H2,7,9). The molecule has 0 fully saturated rings. The molecule has 1 aromatic heterocycles. The Hall–Kier alpha value is -1.23. The minimum absolute atomic E-state index is 0.0418. The fourth-order valence-electron chi connectivity index (χ4n) is 0.970. The first kappa shape index (κ1) is 7.87. The van der Waals surface area contributed by atoms with E-state index in [-0.39, 0.29) is 6.61 Å². The fraction of sp³-hybridized carbons (Fsp3) is 0.500. The number of aromatic nitrogens is 2. The number of nitrogens with two attached hydrogens (primary N) is 2. The highest BCUT2D eigenvalue weighted by atomic mass is 16.3. The smallest absolute Gasteiger partial charge is 0.150 e.